The van der Waals surface area contributed by atoms with Crippen LogP contribution in [-0.4, -0.2) is 12.6 Å². The first-order valence-electron chi connectivity index (χ1n) is 3.05. The van der Waals surface area contributed by atoms with E-state index in [2.05, 4.69) is 5.32 Å². The van der Waals surface area contributed by atoms with E-state index >= 15 is 0 Å². The zero-order valence-electron chi connectivity index (χ0n) is 5.94. The zero-order chi connectivity index (χ0) is 8.36. The Morgan fingerprint density at radius 1 is 0.727 bits per heavy atom. The fourth-order valence-corrected chi connectivity index (χ4v) is 0.371. The van der Waals surface area contributed by atoms with Crippen LogP contribution >= 0.6 is 0 Å². The van der Waals surface area contributed by atoms with E-state index in [4.69, 9.17) is 0 Å². The molecular formula is C8H9NO2. The summed E-state index contributed by atoms with van der Waals surface area (Å²) in [5.74, 6) is 0. The molecule has 0 bridgehead atoms. The highest BCUT2D eigenvalue weighted by Gasteiger charge is 1.64. The van der Waals surface area contributed by atoms with Crippen molar-refractivity contribution in [1.29, 1.82) is 0 Å². The van der Waals surface area contributed by atoms with Gasteiger partial charge in [-0.25, -0.2) is 0 Å². The van der Waals surface area contributed by atoms with Crippen LogP contribution < -0.4 is 5.32 Å². The van der Waals surface area contributed by atoms with Crippen LogP contribution in [0.25, 0.3) is 0 Å². The highest BCUT2D eigenvalue weighted by atomic mass is 16.1. The number of allylic oxidation sites excluding steroid dienone is 4. The van der Waals surface area contributed by atoms with E-state index in [1.54, 1.807) is 18.4 Å². The molecule has 0 rings (SSSR count). The molecule has 3 heteroatoms. The maximum atomic E-state index is 9.74. The Hall–Kier alpha value is -1.64. The summed E-state index contributed by atoms with van der Waals surface area (Å²) < 4.78 is 0. The number of nitrogens with one attached hydrogen (secondary N) is 1. The molecule has 3 nitrogen and oxygen atoms in total. The molecule has 0 aliphatic carbocycles. The van der Waals surface area contributed by atoms with Gasteiger partial charge in [-0.05, 0) is 18.2 Å². The molecule has 0 spiro atoms. The van der Waals surface area contributed by atoms with Crippen LogP contribution in [0.3, 0.4) is 0 Å². The van der Waals surface area contributed by atoms with Crippen molar-refractivity contribution in [2.45, 2.75) is 0 Å². The molecule has 0 amide bonds. The first kappa shape index (κ1) is 9.36. The Kier molecular flexibility index (Phi) is 7.11. The van der Waals surface area contributed by atoms with Gasteiger partial charge >= 0.3 is 0 Å². The van der Waals surface area contributed by atoms with Crippen molar-refractivity contribution >= 4 is 12.6 Å². The minimum atomic E-state index is 0.669. The van der Waals surface area contributed by atoms with E-state index in [0.29, 0.717) is 12.6 Å². The summed E-state index contributed by atoms with van der Waals surface area (Å²) in [7, 11) is 0. The first-order chi connectivity index (χ1) is 5.41. The first-order valence-corrected chi connectivity index (χ1v) is 3.05. The fourth-order valence-electron chi connectivity index (χ4n) is 0.371. The van der Waals surface area contributed by atoms with E-state index in [-0.39, 0.29) is 0 Å². The van der Waals surface area contributed by atoms with E-state index in [1.165, 1.54) is 18.4 Å². The highest BCUT2D eigenvalue weighted by molar-refractivity contribution is 5.65. The lowest BCUT2D eigenvalue weighted by molar-refractivity contribution is -0.104. The van der Waals surface area contributed by atoms with Crippen molar-refractivity contribution in [3.05, 3.63) is 36.7 Å². The zero-order valence-corrected chi connectivity index (χ0v) is 5.94. The monoisotopic (exact) mass is 151 g/mol. The lowest BCUT2D eigenvalue weighted by atomic mass is 10.5. The van der Waals surface area contributed by atoms with Gasteiger partial charge in [0.15, 0.2) is 0 Å². The number of hydrogen-bond acceptors (Lipinski definition) is 3. The largest absolute Gasteiger partial charge is 0.368 e. The molecule has 58 valence electrons. The number of aldehydes is 2. The van der Waals surface area contributed by atoms with Crippen LogP contribution in [0.15, 0.2) is 36.7 Å². The quantitative estimate of drug-likeness (QED) is 0.354. The van der Waals surface area contributed by atoms with Gasteiger partial charge in [-0.2, -0.15) is 0 Å². The summed E-state index contributed by atoms with van der Waals surface area (Å²) in [5, 5.41) is 2.69. The molecule has 0 atom stereocenters. The van der Waals surface area contributed by atoms with Crippen molar-refractivity contribution < 1.29 is 9.59 Å². The summed E-state index contributed by atoms with van der Waals surface area (Å²) in [6, 6.07) is 0. The van der Waals surface area contributed by atoms with Gasteiger partial charge in [0.2, 0.25) is 0 Å². The molecule has 0 saturated heterocycles. The van der Waals surface area contributed by atoms with Crippen molar-refractivity contribution in [3.8, 4) is 0 Å². The molecule has 0 heterocycles. The lowest BCUT2D eigenvalue weighted by Crippen LogP contribution is -1.90. The van der Waals surface area contributed by atoms with Crippen molar-refractivity contribution in [2.75, 3.05) is 0 Å². The van der Waals surface area contributed by atoms with Crippen molar-refractivity contribution in [3.63, 3.8) is 0 Å². The standard InChI is InChI=1S/C8H9NO2/c10-7-3-1-2-5-9-6-4-8-11/h1-9H/b3-1+,5-2+,6-4+. The van der Waals surface area contributed by atoms with E-state index < -0.39 is 0 Å². The minimum absolute atomic E-state index is 0.669. The third-order valence-corrected chi connectivity index (χ3v) is 0.764. The van der Waals surface area contributed by atoms with Crippen molar-refractivity contribution in [1.82, 2.24) is 5.32 Å². The van der Waals surface area contributed by atoms with Crippen molar-refractivity contribution in [2.24, 2.45) is 0 Å². The lowest BCUT2D eigenvalue weighted by Gasteiger charge is -1.82. The third-order valence-electron chi connectivity index (χ3n) is 0.764. The summed E-state index contributed by atoms with van der Waals surface area (Å²) in [6.45, 7) is 0. The van der Waals surface area contributed by atoms with Gasteiger partial charge < -0.3 is 5.32 Å². The molecule has 1 N–H and O–H groups in total. The van der Waals surface area contributed by atoms with Gasteiger partial charge in [0, 0.05) is 12.4 Å². The second-order valence-electron chi connectivity index (χ2n) is 1.54. The SMILES string of the molecule is O=C/C=C/C=C/N/C=C/C=O. The highest BCUT2D eigenvalue weighted by Crippen LogP contribution is 1.71. The molecule has 0 aromatic rings. The number of hydrogen-bond donors (Lipinski definition) is 1. The Bertz CT molecular complexity index is 192. The maximum Gasteiger partial charge on any atom is 0.144 e. The minimum Gasteiger partial charge on any atom is -0.368 e. The molecule has 0 aliphatic rings. The molecule has 0 fully saturated rings. The molecule has 0 radical (unpaired) electrons. The molecule has 0 unspecified atom stereocenters. The van der Waals surface area contributed by atoms with Crippen LogP contribution in [0.5, 0.6) is 0 Å². The number of carbonyl (C=O) groups excluding carboxylic acids is 2. The molecule has 0 aliphatic heterocycles. The van der Waals surface area contributed by atoms with Gasteiger partial charge in [-0.1, -0.05) is 6.08 Å². The Morgan fingerprint density at radius 2 is 1.36 bits per heavy atom. The van der Waals surface area contributed by atoms with Crippen LogP contribution in [0.4, 0.5) is 0 Å². The summed E-state index contributed by atoms with van der Waals surface area (Å²) in [6.07, 6.45) is 10.3. The topological polar surface area (TPSA) is 46.2 Å². The van der Waals surface area contributed by atoms with E-state index in [0.717, 1.165) is 0 Å². The van der Waals surface area contributed by atoms with Crippen LogP contribution in [-0.2, 0) is 9.59 Å². The molecule has 11 heavy (non-hydrogen) atoms. The summed E-state index contributed by atoms with van der Waals surface area (Å²) >= 11 is 0. The van der Waals surface area contributed by atoms with Crippen LogP contribution in [0.2, 0.25) is 0 Å². The maximum absolute atomic E-state index is 9.74. The van der Waals surface area contributed by atoms with Gasteiger partial charge in [-0.15, -0.1) is 0 Å². The third kappa shape index (κ3) is 8.36. The van der Waals surface area contributed by atoms with Gasteiger partial charge in [0.1, 0.15) is 12.6 Å². The predicted octanol–water partition coefficient (Wildman–Crippen LogP) is 0.557. The molecule has 0 aromatic heterocycles. The summed E-state index contributed by atoms with van der Waals surface area (Å²) in [4.78, 5) is 19.5. The van der Waals surface area contributed by atoms with Gasteiger partial charge in [0.05, 0.1) is 0 Å². The normalized spacial score (nSPS) is 11.3. The Morgan fingerprint density at radius 3 is 2.00 bits per heavy atom. The molecule has 0 aromatic carbocycles. The van der Waals surface area contributed by atoms with Crippen LogP contribution in [0, 0.1) is 0 Å². The van der Waals surface area contributed by atoms with E-state index in [9.17, 15) is 9.59 Å². The summed E-state index contributed by atoms with van der Waals surface area (Å²) in [5.41, 5.74) is 0. The average molecular weight is 151 g/mol. The van der Waals surface area contributed by atoms with Gasteiger partial charge in [0.25, 0.3) is 0 Å². The number of carbonyl (C=O) groups is 2. The second kappa shape index (κ2) is 8.36. The second-order valence-corrected chi connectivity index (χ2v) is 1.54. The number of rotatable bonds is 5. The smallest absolute Gasteiger partial charge is 0.144 e. The molecular weight excluding hydrogens is 142 g/mol. The molecule has 0 saturated carbocycles. The average Bonchev–Trinajstić information content (AvgIpc) is 2.03. The predicted molar refractivity (Wildman–Crippen MR) is 42.7 cm³/mol. The Labute approximate surface area is 65.1 Å². The Balaban J connectivity index is 3.44. The van der Waals surface area contributed by atoms with Crippen LogP contribution in [0.1, 0.15) is 0 Å². The van der Waals surface area contributed by atoms with Gasteiger partial charge in [-0.3, -0.25) is 9.59 Å². The van der Waals surface area contributed by atoms with E-state index in [1.807, 2.05) is 0 Å². The fraction of sp³-hybridized carbons (Fsp3) is 0.